The van der Waals surface area contributed by atoms with E-state index in [1.54, 1.807) is 0 Å². The Kier molecular flexibility index (Phi) is 2.24. The average Bonchev–Trinajstić information content (AvgIpc) is 1.95. The summed E-state index contributed by atoms with van der Waals surface area (Å²) in [6.45, 7) is 0. The van der Waals surface area contributed by atoms with Crippen LogP contribution in [0.3, 0.4) is 0 Å². The minimum Gasteiger partial charge on any atom is -0.325 e. The Morgan fingerprint density at radius 2 is 1.90 bits per heavy atom. The van der Waals surface area contributed by atoms with Crippen LogP contribution in [0.2, 0.25) is 0 Å². The van der Waals surface area contributed by atoms with Crippen LogP contribution in [0.25, 0.3) is 0 Å². The van der Waals surface area contributed by atoms with Gasteiger partial charge in [0, 0.05) is 16.9 Å². The summed E-state index contributed by atoms with van der Waals surface area (Å²) in [5.74, 6) is -1.85. The van der Waals surface area contributed by atoms with Crippen LogP contribution >= 0.6 is 12.0 Å². The minimum absolute atomic E-state index is 0.291. The molecule has 0 aliphatic heterocycles. The topological polar surface area (TPSA) is 20.2 Å². The van der Waals surface area contributed by atoms with Crippen molar-refractivity contribution in [3.8, 4) is 0 Å². The highest BCUT2D eigenvalue weighted by Gasteiger charge is 2.00. The lowest BCUT2D eigenvalue weighted by Gasteiger charge is -1.93. The molecule has 0 atom stereocenters. The molecule has 0 aromatic heterocycles. The Bertz CT molecular complexity index is 239. The molecule has 0 amide bonds. The molecule has 0 bridgehead atoms. The normalized spacial score (nSPS) is 9.90. The van der Waals surface area contributed by atoms with Crippen molar-refractivity contribution in [1.29, 1.82) is 0 Å². The molecule has 54 valence electrons. The second-order valence-electron chi connectivity index (χ2n) is 1.67. The van der Waals surface area contributed by atoms with Crippen molar-refractivity contribution in [3.63, 3.8) is 0 Å². The molecule has 0 unspecified atom stereocenters. The van der Waals surface area contributed by atoms with Gasteiger partial charge in [0.2, 0.25) is 0 Å². The van der Waals surface area contributed by atoms with E-state index in [2.05, 4.69) is 0 Å². The van der Waals surface area contributed by atoms with Gasteiger partial charge in [-0.15, -0.1) is 0 Å². The average molecular weight is 162 g/mol. The molecule has 1 aromatic carbocycles. The number of benzene rings is 1. The van der Waals surface area contributed by atoms with Crippen LogP contribution < -0.4 is 0 Å². The highest BCUT2D eigenvalue weighted by Crippen LogP contribution is 2.16. The van der Waals surface area contributed by atoms with Crippen molar-refractivity contribution in [2.24, 2.45) is 0 Å². The van der Waals surface area contributed by atoms with Gasteiger partial charge in [-0.2, -0.15) is 0 Å². The van der Waals surface area contributed by atoms with Crippen LogP contribution in [0.4, 0.5) is 8.78 Å². The Hall–Kier alpha value is -0.610. The molecule has 0 radical (unpaired) electrons. The Labute approximate surface area is 60.9 Å². The van der Waals surface area contributed by atoms with Crippen LogP contribution in [0.15, 0.2) is 23.1 Å². The highest BCUT2D eigenvalue weighted by atomic mass is 32.2. The molecule has 0 fully saturated rings. The zero-order valence-corrected chi connectivity index (χ0v) is 5.66. The predicted molar refractivity (Wildman–Crippen MR) is 34.8 cm³/mol. The van der Waals surface area contributed by atoms with E-state index < -0.39 is 11.6 Å². The van der Waals surface area contributed by atoms with Gasteiger partial charge in [-0.1, -0.05) is 0 Å². The van der Waals surface area contributed by atoms with Crippen molar-refractivity contribution in [2.75, 3.05) is 0 Å². The van der Waals surface area contributed by atoms with Crippen molar-refractivity contribution in [3.05, 3.63) is 29.8 Å². The van der Waals surface area contributed by atoms with Gasteiger partial charge in [0.05, 0.1) is 0 Å². The van der Waals surface area contributed by atoms with E-state index >= 15 is 0 Å². The lowest BCUT2D eigenvalue weighted by Crippen LogP contribution is -1.82. The Morgan fingerprint density at radius 1 is 1.20 bits per heavy atom. The molecule has 1 aromatic rings. The SMILES string of the molecule is OSc1ccc(F)c(F)c1. The molecular weight excluding hydrogens is 158 g/mol. The first-order valence-corrected chi connectivity index (χ1v) is 3.28. The van der Waals surface area contributed by atoms with E-state index in [4.69, 9.17) is 4.55 Å². The maximum absolute atomic E-state index is 12.3. The quantitative estimate of drug-likeness (QED) is 0.640. The van der Waals surface area contributed by atoms with Crippen molar-refractivity contribution in [1.82, 2.24) is 0 Å². The second kappa shape index (κ2) is 2.98. The molecule has 1 nitrogen and oxygen atoms in total. The highest BCUT2D eigenvalue weighted by molar-refractivity contribution is 7.93. The third-order valence-corrected chi connectivity index (χ3v) is 1.46. The predicted octanol–water partition coefficient (Wildman–Crippen LogP) is 2.53. The first-order chi connectivity index (χ1) is 4.74. The van der Waals surface area contributed by atoms with Crippen LogP contribution in [-0.4, -0.2) is 4.55 Å². The van der Waals surface area contributed by atoms with E-state index in [1.165, 1.54) is 6.07 Å². The van der Waals surface area contributed by atoms with Gasteiger partial charge < -0.3 is 4.55 Å². The van der Waals surface area contributed by atoms with Crippen molar-refractivity contribution >= 4 is 12.0 Å². The zero-order valence-electron chi connectivity index (χ0n) is 4.84. The summed E-state index contributed by atoms with van der Waals surface area (Å²) in [4.78, 5) is 0.291. The zero-order chi connectivity index (χ0) is 7.56. The molecule has 10 heavy (non-hydrogen) atoms. The molecule has 0 saturated carbocycles. The van der Waals surface area contributed by atoms with Gasteiger partial charge >= 0.3 is 0 Å². The molecule has 1 rings (SSSR count). The first-order valence-electron chi connectivity index (χ1n) is 2.50. The van der Waals surface area contributed by atoms with E-state index in [0.29, 0.717) is 16.9 Å². The summed E-state index contributed by atoms with van der Waals surface area (Å²) in [6.07, 6.45) is 0. The molecule has 0 aliphatic carbocycles. The Balaban J connectivity index is 3.04. The van der Waals surface area contributed by atoms with Crippen molar-refractivity contribution in [2.45, 2.75) is 4.90 Å². The van der Waals surface area contributed by atoms with Crippen LogP contribution in [0, 0.1) is 11.6 Å². The third-order valence-electron chi connectivity index (χ3n) is 0.996. The summed E-state index contributed by atoms with van der Waals surface area (Å²) in [5.41, 5.74) is 0. The van der Waals surface area contributed by atoms with Gasteiger partial charge in [0.25, 0.3) is 0 Å². The van der Waals surface area contributed by atoms with Crippen LogP contribution in [-0.2, 0) is 0 Å². The molecule has 0 heterocycles. The van der Waals surface area contributed by atoms with E-state index in [9.17, 15) is 8.78 Å². The largest absolute Gasteiger partial charge is 0.325 e. The fourth-order valence-corrected chi connectivity index (χ4v) is 0.819. The summed E-state index contributed by atoms with van der Waals surface area (Å²) >= 11 is 0.385. The minimum atomic E-state index is -0.945. The molecule has 1 N–H and O–H groups in total. The van der Waals surface area contributed by atoms with Crippen LogP contribution in [0.5, 0.6) is 0 Å². The number of hydrogen-bond donors (Lipinski definition) is 1. The van der Waals surface area contributed by atoms with Crippen molar-refractivity contribution < 1.29 is 13.3 Å². The standard InChI is InChI=1S/C6H4F2OS/c7-5-2-1-4(10-9)3-6(5)8/h1-3,9H. The fourth-order valence-electron chi connectivity index (χ4n) is 0.534. The molecule has 0 saturated heterocycles. The number of halogens is 2. The van der Waals surface area contributed by atoms with Crippen LogP contribution in [0.1, 0.15) is 0 Å². The molecular formula is C6H4F2OS. The number of rotatable bonds is 1. The maximum Gasteiger partial charge on any atom is 0.160 e. The van der Waals surface area contributed by atoms with Gasteiger partial charge in [-0.25, -0.2) is 8.78 Å². The molecule has 0 spiro atoms. The summed E-state index contributed by atoms with van der Waals surface area (Å²) < 4.78 is 32.8. The lowest BCUT2D eigenvalue weighted by molar-refractivity contribution is 0.505. The molecule has 4 heteroatoms. The van der Waals surface area contributed by atoms with Gasteiger partial charge in [0.15, 0.2) is 11.6 Å². The Morgan fingerprint density at radius 3 is 2.40 bits per heavy atom. The third kappa shape index (κ3) is 1.46. The van der Waals surface area contributed by atoms with E-state index in [1.807, 2.05) is 0 Å². The summed E-state index contributed by atoms with van der Waals surface area (Å²) in [7, 11) is 0. The van der Waals surface area contributed by atoms with E-state index in [0.717, 1.165) is 12.1 Å². The molecule has 0 aliphatic rings. The fraction of sp³-hybridized carbons (Fsp3) is 0. The lowest BCUT2D eigenvalue weighted by atomic mass is 10.3. The summed E-state index contributed by atoms with van der Waals surface area (Å²) in [6, 6.07) is 3.19. The monoisotopic (exact) mass is 162 g/mol. The smallest absolute Gasteiger partial charge is 0.160 e. The number of hydrogen-bond acceptors (Lipinski definition) is 2. The summed E-state index contributed by atoms with van der Waals surface area (Å²) in [5, 5.41) is 0. The first kappa shape index (κ1) is 7.50. The van der Waals surface area contributed by atoms with Gasteiger partial charge in [-0.3, -0.25) is 0 Å². The van der Waals surface area contributed by atoms with Gasteiger partial charge in [0.1, 0.15) is 0 Å². The van der Waals surface area contributed by atoms with Gasteiger partial charge in [-0.05, 0) is 18.2 Å². The maximum atomic E-state index is 12.3. The second-order valence-corrected chi connectivity index (χ2v) is 2.32. The van der Waals surface area contributed by atoms with E-state index in [-0.39, 0.29) is 0 Å².